The van der Waals surface area contributed by atoms with Crippen LogP contribution >= 0.6 is 0 Å². The minimum atomic E-state index is -4.35. The topological polar surface area (TPSA) is 0 Å². The van der Waals surface area contributed by atoms with E-state index in [9.17, 15) is 13.2 Å². The standard InChI is InChI=1S/C20H19F3/c1-3-13(2)15-11-14-7-6-9-16(18(14)12-15)17-8-4-5-10-19(17)20(21,22)23/h4-10,12-13H,3,11H2,1-2H3. The van der Waals surface area contributed by atoms with Crippen LogP contribution in [0.15, 0.2) is 48.0 Å². The lowest BCUT2D eigenvalue weighted by Gasteiger charge is -2.15. The molecule has 0 nitrogen and oxygen atoms in total. The van der Waals surface area contributed by atoms with Crippen LogP contribution in [0.5, 0.6) is 0 Å². The van der Waals surface area contributed by atoms with E-state index in [0.29, 0.717) is 11.5 Å². The van der Waals surface area contributed by atoms with Gasteiger partial charge < -0.3 is 0 Å². The van der Waals surface area contributed by atoms with Crippen molar-refractivity contribution in [1.82, 2.24) is 0 Å². The first kappa shape index (κ1) is 15.9. The predicted molar refractivity (Wildman–Crippen MR) is 88.0 cm³/mol. The van der Waals surface area contributed by atoms with E-state index in [4.69, 9.17) is 0 Å². The van der Waals surface area contributed by atoms with E-state index in [0.717, 1.165) is 30.0 Å². The Morgan fingerprint density at radius 3 is 2.39 bits per heavy atom. The number of hydrogen-bond donors (Lipinski definition) is 0. The predicted octanol–water partition coefficient (Wildman–Crippen LogP) is 6.36. The maximum absolute atomic E-state index is 13.3. The van der Waals surface area contributed by atoms with Crippen molar-refractivity contribution in [2.45, 2.75) is 32.9 Å². The van der Waals surface area contributed by atoms with Gasteiger partial charge in [-0.25, -0.2) is 0 Å². The van der Waals surface area contributed by atoms with Gasteiger partial charge in [0.1, 0.15) is 0 Å². The number of rotatable bonds is 3. The zero-order chi connectivity index (χ0) is 16.6. The molecule has 0 saturated carbocycles. The first-order chi connectivity index (χ1) is 10.9. The van der Waals surface area contributed by atoms with Crippen molar-refractivity contribution in [2.24, 2.45) is 5.92 Å². The number of allylic oxidation sites excluding steroid dienone is 1. The van der Waals surface area contributed by atoms with E-state index in [1.165, 1.54) is 11.6 Å². The van der Waals surface area contributed by atoms with Gasteiger partial charge >= 0.3 is 6.18 Å². The summed E-state index contributed by atoms with van der Waals surface area (Å²) in [6, 6.07) is 11.5. The van der Waals surface area contributed by atoms with Gasteiger partial charge in [-0.2, -0.15) is 13.2 Å². The van der Waals surface area contributed by atoms with E-state index >= 15 is 0 Å². The van der Waals surface area contributed by atoms with Crippen LogP contribution in [0.3, 0.4) is 0 Å². The van der Waals surface area contributed by atoms with Crippen molar-refractivity contribution in [3.05, 3.63) is 64.7 Å². The number of alkyl halides is 3. The molecule has 0 radical (unpaired) electrons. The average Bonchev–Trinajstić information content (AvgIpc) is 2.97. The first-order valence-corrected chi connectivity index (χ1v) is 7.90. The SMILES string of the molecule is CCC(C)C1=Cc2c(cccc2-c2ccccc2C(F)(F)F)C1. The summed E-state index contributed by atoms with van der Waals surface area (Å²) in [5, 5.41) is 0. The van der Waals surface area contributed by atoms with Gasteiger partial charge in [0.05, 0.1) is 5.56 Å². The summed E-state index contributed by atoms with van der Waals surface area (Å²) in [6.45, 7) is 4.30. The largest absolute Gasteiger partial charge is 0.417 e. The third-order valence-corrected chi connectivity index (χ3v) is 4.69. The Balaban J connectivity index is 2.15. The second-order valence-electron chi connectivity index (χ2n) is 6.13. The zero-order valence-corrected chi connectivity index (χ0v) is 13.2. The summed E-state index contributed by atoms with van der Waals surface area (Å²) in [7, 11) is 0. The Morgan fingerprint density at radius 2 is 1.70 bits per heavy atom. The third-order valence-electron chi connectivity index (χ3n) is 4.69. The Morgan fingerprint density at radius 1 is 1.00 bits per heavy atom. The average molecular weight is 316 g/mol. The smallest absolute Gasteiger partial charge is 0.166 e. The molecular weight excluding hydrogens is 297 g/mol. The number of halogens is 3. The first-order valence-electron chi connectivity index (χ1n) is 7.90. The Bertz CT molecular complexity index is 754. The number of fused-ring (bicyclic) bond motifs is 1. The summed E-state index contributed by atoms with van der Waals surface area (Å²) >= 11 is 0. The molecule has 1 aliphatic rings. The summed E-state index contributed by atoms with van der Waals surface area (Å²) in [6.07, 6.45) is -0.381. The molecule has 1 aliphatic carbocycles. The molecule has 0 fully saturated rings. The van der Waals surface area contributed by atoms with E-state index in [-0.39, 0.29) is 5.56 Å². The molecule has 0 bridgehead atoms. The molecule has 0 spiro atoms. The van der Waals surface area contributed by atoms with Gasteiger partial charge in [-0.3, -0.25) is 0 Å². The fraction of sp³-hybridized carbons (Fsp3) is 0.300. The van der Waals surface area contributed by atoms with Crippen molar-refractivity contribution in [3.8, 4) is 11.1 Å². The van der Waals surface area contributed by atoms with Gasteiger partial charge in [-0.05, 0) is 47.1 Å². The van der Waals surface area contributed by atoms with Crippen LogP contribution in [0.1, 0.15) is 37.0 Å². The lowest BCUT2D eigenvalue weighted by molar-refractivity contribution is -0.137. The molecule has 0 aromatic heterocycles. The molecule has 1 unspecified atom stereocenters. The van der Waals surface area contributed by atoms with Gasteiger partial charge in [-0.15, -0.1) is 0 Å². The molecular formula is C20H19F3. The summed E-state index contributed by atoms with van der Waals surface area (Å²) in [4.78, 5) is 0. The number of hydrogen-bond acceptors (Lipinski definition) is 0. The fourth-order valence-electron chi connectivity index (χ4n) is 3.17. The van der Waals surface area contributed by atoms with Gasteiger partial charge in [-0.1, -0.05) is 61.9 Å². The highest BCUT2D eigenvalue weighted by Gasteiger charge is 2.34. The third kappa shape index (κ3) is 2.92. The lowest BCUT2D eigenvalue weighted by Crippen LogP contribution is -2.07. The molecule has 2 aromatic carbocycles. The molecule has 0 heterocycles. The van der Waals surface area contributed by atoms with Crippen LogP contribution in [0.4, 0.5) is 13.2 Å². The van der Waals surface area contributed by atoms with Gasteiger partial charge in [0.25, 0.3) is 0 Å². The Hall–Kier alpha value is -2.03. The van der Waals surface area contributed by atoms with Gasteiger partial charge in [0.2, 0.25) is 0 Å². The minimum Gasteiger partial charge on any atom is -0.166 e. The minimum absolute atomic E-state index is 0.263. The van der Waals surface area contributed by atoms with Crippen molar-refractivity contribution in [3.63, 3.8) is 0 Å². The van der Waals surface area contributed by atoms with E-state index < -0.39 is 11.7 Å². The zero-order valence-electron chi connectivity index (χ0n) is 13.2. The van der Waals surface area contributed by atoms with Crippen LogP contribution < -0.4 is 0 Å². The summed E-state index contributed by atoms with van der Waals surface area (Å²) in [5.74, 6) is 0.452. The molecule has 3 rings (SSSR count). The highest BCUT2D eigenvalue weighted by atomic mass is 19.4. The molecule has 23 heavy (non-hydrogen) atoms. The van der Waals surface area contributed by atoms with Crippen LogP contribution in [0.25, 0.3) is 17.2 Å². The summed E-state index contributed by atoms with van der Waals surface area (Å²) in [5.41, 5.74) is 3.74. The summed E-state index contributed by atoms with van der Waals surface area (Å²) < 4.78 is 40.0. The highest BCUT2D eigenvalue weighted by Crippen LogP contribution is 2.42. The maximum Gasteiger partial charge on any atom is 0.417 e. The van der Waals surface area contributed by atoms with Crippen LogP contribution in [-0.2, 0) is 12.6 Å². The molecule has 0 aliphatic heterocycles. The molecule has 3 heteroatoms. The van der Waals surface area contributed by atoms with Crippen molar-refractivity contribution in [2.75, 3.05) is 0 Å². The quantitative estimate of drug-likeness (QED) is 0.618. The van der Waals surface area contributed by atoms with Crippen LogP contribution in [0.2, 0.25) is 0 Å². The molecule has 0 amide bonds. The van der Waals surface area contributed by atoms with E-state index in [2.05, 4.69) is 19.9 Å². The fourth-order valence-corrected chi connectivity index (χ4v) is 3.17. The molecule has 0 N–H and O–H groups in total. The Labute approximate surface area is 134 Å². The Kier molecular flexibility index (Phi) is 4.05. The molecule has 120 valence electrons. The highest BCUT2D eigenvalue weighted by molar-refractivity contribution is 5.82. The molecule has 0 saturated heterocycles. The normalized spacial score (nSPS) is 15.3. The van der Waals surface area contributed by atoms with Crippen LogP contribution in [-0.4, -0.2) is 0 Å². The lowest BCUT2D eigenvalue weighted by atomic mass is 9.93. The van der Waals surface area contributed by atoms with E-state index in [1.807, 2.05) is 12.1 Å². The monoisotopic (exact) mass is 316 g/mol. The van der Waals surface area contributed by atoms with Gasteiger partial charge in [0, 0.05) is 0 Å². The van der Waals surface area contributed by atoms with Gasteiger partial charge in [0.15, 0.2) is 0 Å². The van der Waals surface area contributed by atoms with Crippen molar-refractivity contribution >= 4 is 6.08 Å². The maximum atomic E-state index is 13.3. The second-order valence-corrected chi connectivity index (χ2v) is 6.13. The second kappa shape index (κ2) is 5.88. The van der Waals surface area contributed by atoms with Crippen molar-refractivity contribution < 1.29 is 13.2 Å². The molecule has 1 atom stereocenters. The van der Waals surface area contributed by atoms with Crippen LogP contribution in [0, 0.1) is 5.92 Å². The molecule has 2 aromatic rings. The number of benzene rings is 2. The van der Waals surface area contributed by atoms with Crippen molar-refractivity contribution in [1.29, 1.82) is 0 Å². The van der Waals surface area contributed by atoms with E-state index in [1.54, 1.807) is 18.2 Å².